The van der Waals surface area contributed by atoms with Gasteiger partial charge in [-0.05, 0) is 12.8 Å². The maximum atomic E-state index is 11.9. The molecule has 1 saturated heterocycles. The highest BCUT2D eigenvalue weighted by atomic mass is 16.5. The van der Waals surface area contributed by atoms with Gasteiger partial charge in [-0.3, -0.25) is 4.79 Å². The number of hydrogen-bond acceptors (Lipinski definition) is 3. The number of likely N-dealkylation sites (tertiary alicyclic amines) is 1. The van der Waals surface area contributed by atoms with Crippen molar-refractivity contribution in [3.05, 3.63) is 0 Å². The summed E-state index contributed by atoms with van der Waals surface area (Å²) in [6.45, 7) is 1.50. The number of methoxy groups -OCH3 is 1. The molecule has 80 valence electrons. The Morgan fingerprint density at radius 1 is 1.43 bits per heavy atom. The molecule has 1 saturated carbocycles. The molecule has 1 amide bonds. The quantitative estimate of drug-likeness (QED) is 0.678. The Kier molecular flexibility index (Phi) is 2.74. The van der Waals surface area contributed by atoms with Crippen LogP contribution in [0.4, 0.5) is 0 Å². The molecule has 14 heavy (non-hydrogen) atoms. The molecule has 0 aromatic carbocycles. The van der Waals surface area contributed by atoms with Gasteiger partial charge in [-0.25, -0.2) is 0 Å². The second kappa shape index (κ2) is 3.87. The second-order valence-corrected chi connectivity index (χ2v) is 4.30. The third-order valence-corrected chi connectivity index (χ3v) is 3.38. The van der Waals surface area contributed by atoms with E-state index < -0.39 is 0 Å². The fourth-order valence-electron chi connectivity index (χ4n) is 2.30. The summed E-state index contributed by atoms with van der Waals surface area (Å²) in [7, 11) is 1.69. The van der Waals surface area contributed by atoms with Crippen molar-refractivity contribution in [2.24, 2.45) is 11.7 Å². The van der Waals surface area contributed by atoms with Crippen molar-refractivity contribution in [3.63, 3.8) is 0 Å². The molecular formula is C10H18N2O2. The molecule has 0 aromatic heterocycles. The van der Waals surface area contributed by atoms with Crippen molar-refractivity contribution in [1.29, 1.82) is 0 Å². The van der Waals surface area contributed by atoms with Crippen LogP contribution in [0.1, 0.15) is 19.3 Å². The summed E-state index contributed by atoms with van der Waals surface area (Å²) >= 11 is 0. The molecule has 2 unspecified atom stereocenters. The highest BCUT2D eigenvalue weighted by Crippen LogP contribution is 2.27. The molecule has 1 aliphatic heterocycles. The number of ether oxygens (including phenoxy) is 1. The van der Waals surface area contributed by atoms with Crippen LogP contribution >= 0.6 is 0 Å². The Morgan fingerprint density at radius 3 is 2.64 bits per heavy atom. The van der Waals surface area contributed by atoms with E-state index in [0.717, 1.165) is 32.4 Å². The van der Waals surface area contributed by atoms with Gasteiger partial charge in [-0.15, -0.1) is 0 Å². The maximum absolute atomic E-state index is 11.9. The van der Waals surface area contributed by atoms with Crippen molar-refractivity contribution >= 4 is 5.91 Å². The first-order chi connectivity index (χ1) is 6.72. The lowest BCUT2D eigenvalue weighted by Gasteiger charge is -2.40. The third-order valence-electron chi connectivity index (χ3n) is 3.38. The molecule has 0 spiro atoms. The van der Waals surface area contributed by atoms with Gasteiger partial charge in [0.15, 0.2) is 0 Å². The molecule has 2 N–H and O–H groups in total. The lowest BCUT2D eigenvalue weighted by molar-refractivity contribution is -0.147. The fourth-order valence-corrected chi connectivity index (χ4v) is 2.30. The topological polar surface area (TPSA) is 55.6 Å². The molecule has 1 heterocycles. The molecule has 2 atom stereocenters. The summed E-state index contributed by atoms with van der Waals surface area (Å²) in [5.74, 6) is 0.316. The Balaban J connectivity index is 1.84. The van der Waals surface area contributed by atoms with Gasteiger partial charge in [0, 0.05) is 26.2 Å². The van der Waals surface area contributed by atoms with Gasteiger partial charge in [-0.2, -0.15) is 0 Å². The molecule has 0 radical (unpaired) electrons. The van der Waals surface area contributed by atoms with E-state index in [4.69, 9.17) is 10.5 Å². The minimum atomic E-state index is 0.0767. The molecule has 2 fully saturated rings. The van der Waals surface area contributed by atoms with Crippen LogP contribution in [0.2, 0.25) is 0 Å². The van der Waals surface area contributed by atoms with E-state index in [-0.39, 0.29) is 24.0 Å². The Bertz CT molecular complexity index is 226. The molecule has 4 nitrogen and oxygen atoms in total. The number of nitrogens with zero attached hydrogens (tertiary/aromatic N) is 1. The van der Waals surface area contributed by atoms with Crippen LogP contribution < -0.4 is 5.73 Å². The molecule has 2 rings (SSSR count). The normalized spacial score (nSPS) is 33.1. The van der Waals surface area contributed by atoms with E-state index >= 15 is 0 Å². The van der Waals surface area contributed by atoms with Crippen LogP contribution in [0.3, 0.4) is 0 Å². The number of hydrogen-bond donors (Lipinski definition) is 1. The zero-order valence-electron chi connectivity index (χ0n) is 8.61. The van der Waals surface area contributed by atoms with Crippen LogP contribution in [0, 0.1) is 5.92 Å². The van der Waals surface area contributed by atoms with Gasteiger partial charge in [0.25, 0.3) is 0 Å². The van der Waals surface area contributed by atoms with Gasteiger partial charge >= 0.3 is 0 Å². The number of nitrogens with two attached hydrogens (primary N) is 1. The van der Waals surface area contributed by atoms with Gasteiger partial charge in [-0.1, -0.05) is 6.42 Å². The Morgan fingerprint density at radius 2 is 2.14 bits per heavy atom. The first-order valence-corrected chi connectivity index (χ1v) is 5.29. The minimum Gasteiger partial charge on any atom is -0.378 e. The lowest BCUT2D eigenvalue weighted by Crippen LogP contribution is -2.57. The summed E-state index contributed by atoms with van der Waals surface area (Å²) < 4.78 is 5.13. The molecule has 4 heteroatoms. The Hall–Kier alpha value is -0.610. The first kappa shape index (κ1) is 9.93. The Labute approximate surface area is 84.4 Å². The highest BCUT2D eigenvalue weighted by Gasteiger charge is 2.38. The van der Waals surface area contributed by atoms with E-state index in [1.54, 1.807) is 7.11 Å². The first-order valence-electron chi connectivity index (χ1n) is 5.29. The van der Waals surface area contributed by atoms with Crippen LogP contribution in [-0.2, 0) is 9.53 Å². The van der Waals surface area contributed by atoms with Crippen molar-refractivity contribution in [2.75, 3.05) is 20.2 Å². The smallest absolute Gasteiger partial charge is 0.227 e. The monoisotopic (exact) mass is 198 g/mol. The van der Waals surface area contributed by atoms with E-state index in [9.17, 15) is 4.79 Å². The summed E-state index contributed by atoms with van der Waals surface area (Å²) in [6.07, 6.45) is 3.31. The molecule has 1 aliphatic carbocycles. The van der Waals surface area contributed by atoms with E-state index in [1.807, 2.05) is 4.90 Å². The van der Waals surface area contributed by atoms with Crippen LogP contribution in [0.5, 0.6) is 0 Å². The lowest BCUT2D eigenvalue weighted by atomic mass is 10.00. The van der Waals surface area contributed by atoms with E-state index in [1.165, 1.54) is 0 Å². The van der Waals surface area contributed by atoms with Crippen molar-refractivity contribution in [3.8, 4) is 0 Å². The van der Waals surface area contributed by atoms with Crippen molar-refractivity contribution in [2.45, 2.75) is 31.4 Å². The van der Waals surface area contributed by atoms with E-state index in [0.29, 0.717) is 0 Å². The predicted molar refractivity (Wildman–Crippen MR) is 52.7 cm³/mol. The summed E-state index contributed by atoms with van der Waals surface area (Å²) in [6, 6.07) is 0.0871. The zero-order chi connectivity index (χ0) is 10.1. The van der Waals surface area contributed by atoms with Crippen molar-refractivity contribution < 1.29 is 9.53 Å². The fraction of sp³-hybridized carbons (Fsp3) is 0.900. The van der Waals surface area contributed by atoms with Crippen LogP contribution in [0.25, 0.3) is 0 Å². The summed E-state index contributed by atoms with van der Waals surface area (Å²) in [5, 5.41) is 0. The molecule has 0 aromatic rings. The SMILES string of the molecule is COC1CN(C(=O)C2CCCC2N)C1. The summed E-state index contributed by atoms with van der Waals surface area (Å²) in [5.41, 5.74) is 5.88. The van der Waals surface area contributed by atoms with Gasteiger partial charge in [0.2, 0.25) is 5.91 Å². The number of rotatable bonds is 2. The van der Waals surface area contributed by atoms with E-state index in [2.05, 4.69) is 0 Å². The summed E-state index contributed by atoms with van der Waals surface area (Å²) in [4.78, 5) is 13.8. The zero-order valence-corrected chi connectivity index (χ0v) is 8.61. The number of amides is 1. The minimum absolute atomic E-state index is 0.0767. The standard InChI is InChI=1S/C10H18N2O2/c1-14-7-5-12(6-7)10(13)8-3-2-4-9(8)11/h7-9H,2-6,11H2,1H3. The number of carbonyl (C=O) groups excluding carboxylic acids is 1. The van der Waals surface area contributed by atoms with Gasteiger partial charge < -0.3 is 15.4 Å². The highest BCUT2D eigenvalue weighted by molar-refractivity contribution is 5.80. The van der Waals surface area contributed by atoms with Crippen LogP contribution in [0.15, 0.2) is 0 Å². The van der Waals surface area contributed by atoms with Gasteiger partial charge in [0.05, 0.1) is 12.0 Å². The number of carbonyl (C=O) groups is 1. The van der Waals surface area contributed by atoms with Crippen molar-refractivity contribution in [1.82, 2.24) is 4.90 Å². The largest absolute Gasteiger partial charge is 0.378 e. The average Bonchev–Trinajstić information content (AvgIpc) is 2.49. The second-order valence-electron chi connectivity index (χ2n) is 4.30. The predicted octanol–water partition coefficient (Wildman–Crippen LogP) is -0.0290. The molecule has 0 bridgehead atoms. The van der Waals surface area contributed by atoms with Gasteiger partial charge in [0.1, 0.15) is 0 Å². The maximum Gasteiger partial charge on any atom is 0.227 e. The van der Waals surface area contributed by atoms with Crippen LogP contribution in [-0.4, -0.2) is 43.2 Å². The average molecular weight is 198 g/mol. The molecule has 2 aliphatic rings. The third kappa shape index (κ3) is 1.64. The molecular weight excluding hydrogens is 180 g/mol.